The number of anilines is 1. The molecule has 0 radical (unpaired) electrons. The molecule has 0 saturated heterocycles. The number of phenols is 1. The van der Waals surface area contributed by atoms with Gasteiger partial charge in [-0.05, 0) is 48.6 Å². The van der Waals surface area contributed by atoms with E-state index in [9.17, 15) is 22.9 Å². The van der Waals surface area contributed by atoms with Crippen molar-refractivity contribution in [3.63, 3.8) is 0 Å². The molecule has 0 saturated carbocycles. The van der Waals surface area contributed by atoms with Crippen LogP contribution in [0.4, 0.5) is 17.1 Å². The van der Waals surface area contributed by atoms with E-state index in [4.69, 9.17) is 27.9 Å². The highest BCUT2D eigenvalue weighted by atomic mass is 35.5. The summed E-state index contributed by atoms with van der Waals surface area (Å²) in [6, 6.07) is 16.0. The molecule has 0 aliphatic carbocycles. The van der Waals surface area contributed by atoms with E-state index in [0.29, 0.717) is 35.1 Å². The topological polar surface area (TPSA) is 138 Å². The molecule has 0 bridgehead atoms. The third-order valence-electron chi connectivity index (χ3n) is 5.79. The second-order valence-electron chi connectivity index (χ2n) is 8.29. The van der Waals surface area contributed by atoms with Gasteiger partial charge in [0.1, 0.15) is 22.0 Å². The number of halogens is 2. The standard InChI is InChI=1S/C27H23Cl2N3O6S/c1-3-15-9-12-21(26(23(15)29)39(35,36)37)31-32-24-18-8-6-5-7-16(18)13-19(25(24)33)27(34)30-22-14-17(38-4-2)10-11-20(22)28/h5-14,33H,3-4H2,1-2H3,(H,30,34)(H,35,36,37). The van der Waals surface area contributed by atoms with Crippen LogP contribution in [0.2, 0.25) is 10.0 Å². The second-order valence-corrected chi connectivity index (χ2v) is 10.4. The minimum absolute atomic E-state index is 0.0932. The summed E-state index contributed by atoms with van der Waals surface area (Å²) in [5.41, 5.74) is 0.297. The number of amides is 1. The van der Waals surface area contributed by atoms with Gasteiger partial charge in [-0.3, -0.25) is 9.35 Å². The monoisotopic (exact) mass is 587 g/mol. The van der Waals surface area contributed by atoms with Crippen LogP contribution >= 0.6 is 23.2 Å². The quantitative estimate of drug-likeness (QED) is 0.142. The lowest BCUT2D eigenvalue weighted by Gasteiger charge is -2.13. The minimum Gasteiger partial charge on any atom is -0.505 e. The molecule has 12 heteroatoms. The van der Waals surface area contributed by atoms with Crippen LogP contribution < -0.4 is 10.1 Å². The number of benzene rings is 4. The maximum Gasteiger partial charge on any atom is 0.298 e. The molecule has 0 aliphatic heterocycles. The lowest BCUT2D eigenvalue weighted by atomic mass is 10.0. The Morgan fingerprint density at radius 3 is 2.46 bits per heavy atom. The van der Waals surface area contributed by atoms with E-state index >= 15 is 0 Å². The zero-order valence-corrected chi connectivity index (χ0v) is 23.1. The molecule has 0 heterocycles. The molecule has 3 N–H and O–H groups in total. The fraction of sp³-hybridized carbons (Fsp3) is 0.148. The molecule has 0 atom stereocenters. The molecule has 0 unspecified atom stereocenters. The molecule has 4 aromatic carbocycles. The molecule has 0 spiro atoms. The number of hydrogen-bond acceptors (Lipinski definition) is 7. The molecular weight excluding hydrogens is 565 g/mol. The number of fused-ring (bicyclic) bond motifs is 1. The maximum absolute atomic E-state index is 13.3. The summed E-state index contributed by atoms with van der Waals surface area (Å²) in [6.07, 6.45) is 0.416. The Kier molecular flexibility index (Phi) is 8.41. The first-order valence-corrected chi connectivity index (χ1v) is 13.9. The fourth-order valence-corrected chi connectivity index (χ4v) is 5.41. The number of ether oxygens (including phenoxy) is 1. The highest BCUT2D eigenvalue weighted by Gasteiger charge is 2.23. The maximum atomic E-state index is 13.3. The van der Waals surface area contributed by atoms with E-state index in [2.05, 4.69) is 15.5 Å². The average molecular weight is 588 g/mol. The van der Waals surface area contributed by atoms with Crippen molar-refractivity contribution in [2.75, 3.05) is 11.9 Å². The Hall–Kier alpha value is -3.70. The van der Waals surface area contributed by atoms with Gasteiger partial charge >= 0.3 is 0 Å². The smallest absolute Gasteiger partial charge is 0.298 e. The number of phenolic OH excluding ortho intramolecular Hbond substituents is 1. The van der Waals surface area contributed by atoms with Crippen LogP contribution in [0.1, 0.15) is 29.8 Å². The Morgan fingerprint density at radius 2 is 1.77 bits per heavy atom. The number of nitrogens with one attached hydrogen (secondary N) is 1. The minimum atomic E-state index is -4.76. The van der Waals surface area contributed by atoms with Gasteiger partial charge in [-0.2, -0.15) is 8.42 Å². The molecule has 0 fully saturated rings. The van der Waals surface area contributed by atoms with Gasteiger partial charge in [0.25, 0.3) is 16.0 Å². The zero-order chi connectivity index (χ0) is 28.3. The Bertz CT molecular complexity index is 1720. The summed E-state index contributed by atoms with van der Waals surface area (Å²) in [5, 5.41) is 23.0. The van der Waals surface area contributed by atoms with E-state index in [0.717, 1.165) is 0 Å². The third-order valence-corrected chi connectivity index (χ3v) is 7.59. The summed E-state index contributed by atoms with van der Waals surface area (Å²) in [4.78, 5) is 12.7. The Labute approximate surface area is 234 Å². The first-order chi connectivity index (χ1) is 18.5. The molecule has 9 nitrogen and oxygen atoms in total. The largest absolute Gasteiger partial charge is 0.505 e. The van der Waals surface area contributed by atoms with Gasteiger partial charge in [0, 0.05) is 11.5 Å². The van der Waals surface area contributed by atoms with Gasteiger partial charge in [0.15, 0.2) is 5.75 Å². The number of nitrogens with zero attached hydrogens (tertiary/aromatic N) is 2. The molecule has 39 heavy (non-hydrogen) atoms. The molecule has 4 aromatic rings. The molecule has 0 aliphatic rings. The summed E-state index contributed by atoms with van der Waals surface area (Å²) >= 11 is 12.5. The van der Waals surface area contributed by atoms with Gasteiger partial charge in [-0.25, -0.2) is 0 Å². The van der Waals surface area contributed by atoms with Crippen LogP contribution in [0.3, 0.4) is 0 Å². The predicted molar refractivity (Wildman–Crippen MR) is 151 cm³/mol. The van der Waals surface area contributed by atoms with Gasteiger partial charge in [0.2, 0.25) is 0 Å². The normalized spacial score (nSPS) is 11.7. The average Bonchev–Trinajstić information content (AvgIpc) is 2.89. The number of aromatic hydroxyl groups is 1. The van der Waals surface area contributed by atoms with Crippen molar-refractivity contribution in [2.24, 2.45) is 10.2 Å². The fourth-order valence-electron chi connectivity index (χ4n) is 3.93. The highest BCUT2D eigenvalue weighted by Crippen LogP contribution is 2.41. The third kappa shape index (κ3) is 5.99. The first kappa shape index (κ1) is 28.3. The summed E-state index contributed by atoms with van der Waals surface area (Å²) in [7, 11) is -4.76. The molecule has 202 valence electrons. The van der Waals surface area contributed by atoms with Crippen molar-refractivity contribution in [3.8, 4) is 11.5 Å². The van der Waals surface area contributed by atoms with Gasteiger partial charge in [0.05, 0.1) is 27.9 Å². The molecule has 0 aromatic heterocycles. The van der Waals surface area contributed by atoms with Crippen LogP contribution in [0.5, 0.6) is 11.5 Å². The van der Waals surface area contributed by atoms with Gasteiger partial charge in [-0.15, -0.1) is 10.2 Å². The predicted octanol–water partition coefficient (Wildman–Crippen LogP) is 7.73. The van der Waals surface area contributed by atoms with Gasteiger partial charge < -0.3 is 15.2 Å². The number of hydrogen-bond donors (Lipinski definition) is 3. The SMILES string of the molecule is CCOc1ccc(Cl)c(NC(=O)c2cc3ccccc3c(N=Nc3ccc(CC)c(Cl)c3S(=O)(=O)O)c2O)c1. The van der Waals surface area contributed by atoms with Crippen LogP contribution in [0.25, 0.3) is 10.8 Å². The van der Waals surface area contributed by atoms with Crippen molar-refractivity contribution >= 4 is 67.1 Å². The number of azo groups is 1. The Morgan fingerprint density at radius 1 is 1.03 bits per heavy atom. The van der Waals surface area contributed by atoms with Crippen molar-refractivity contribution in [1.82, 2.24) is 0 Å². The van der Waals surface area contributed by atoms with Crippen LogP contribution in [-0.4, -0.2) is 30.6 Å². The molecule has 1 amide bonds. The van der Waals surface area contributed by atoms with E-state index in [1.54, 1.807) is 55.5 Å². The number of carbonyl (C=O) groups excluding carboxylic acids is 1. The van der Waals surface area contributed by atoms with E-state index < -0.39 is 26.7 Å². The van der Waals surface area contributed by atoms with Crippen LogP contribution in [0, 0.1) is 0 Å². The molecule has 4 rings (SSSR count). The number of rotatable bonds is 8. The van der Waals surface area contributed by atoms with Crippen molar-refractivity contribution < 1.29 is 27.6 Å². The lowest BCUT2D eigenvalue weighted by Crippen LogP contribution is -2.12. The van der Waals surface area contributed by atoms with E-state index in [1.165, 1.54) is 12.1 Å². The van der Waals surface area contributed by atoms with Crippen LogP contribution in [-0.2, 0) is 16.5 Å². The first-order valence-electron chi connectivity index (χ1n) is 11.7. The second kappa shape index (κ2) is 11.6. The number of carbonyl (C=O) groups is 1. The van der Waals surface area contributed by atoms with Crippen LogP contribution in [0.15, 0.2) is 75.8 Å². The van der Waals surface area contributed by atoms with Gasteiger partial charge in [-0.1, -0.05) is 60.5 Å². The summed E-state index contributed by atoms with van der Waals surface area (Å²) in [6.45, 7) is 4.01. The zero-order valence-electron chi connectivity index (χ0n) is 20.8. The van der Waals surface area contributed by atoms with Crippen molar-refractivity contribution in [3.05, 3.63) is 81.8 Å². The van der Waals surface area contributed by atoms with E-state index in [-0.39, 0.29) is 32.7 Å². The van der Waals surface area contributed by atoms with Crippen molar-refractivity contribution in [1.29, 1.82) is 0 Å². The summed E-state index contributed by atoms with van der Waals surface area (Å²) in [5.74, 6) is -0.687. The lowest BCUT2D eigenvalue weighted by molar-refractivity contribution is 0.102. The highest BCUT2D eigenvalue weighted by molar-refractivity contribution is 7.86. The molecular formula is C27H23Cl2N3O6S. The van der Waals surface area contributed by atoms with Crippen molar-refractivity contribution in [2.45, 2.75) is 25.2 Å². The number of aryl methyl sites for hydroxylation is 1. The Balaban J connectivity index is 1.82. The summed E-state index contributed by atoms with van der Waals surface area (Å²) < 4.78 is 39.4. The van der Waals surface area contributed by atoms with E-state index in [1.807, 2.05) is 6.92 Å².